The Hall–Kier alpha value is -3.51. The van der Waals surface area contributed by atoms with E-state index in [1.807, 2.05) is 102 Å². The molecule has 190 valence electrons. The lowest BCUT2D eigenvalue weighted by atomic mass is 9.64. The van der Waals surface area contributed by atoms with Crippen molar-refractivity contribution in [2.45, 2.75) is 44.2 Å². The predicted octanol–water partition coefficient (Wildman–Crippen LogP) is 1.78. The van der Waals surface area contributed by atoms with Crippen LogP contribution in [-0.2, 0) is 16.8 Å². The van der Waals surface area contributed by atoms with Crippen LogP contribution in [0, 0.1) is 12.8 Å². The van der Waals surface area contributed by atoms with E-state index in [0.717, 1.165) is 41.8 Å². The van der Waals surface area contributed by atoms with Gasteiger partial charge in [0.1, 0.15) is 23.9 Å². The van der Waals surface area contributed by atoms with Crippen molar-refractivity contribution in [3.05, 3.63) is 126 Å². The number of ketones is 1. The zero-order chi connectivity index (χ0) is 25.1. The van der Waals surface area contributed by atoms with Gasteiger partial charge in [0, 0.05) is 12.5 Å². The van der Waals surface area contributed by atoms with Crippen LogP contribution in [0.1, 0.15) is 52.6 Å². The minimum Gasteiger partial charge on any atom is -1.00 e. The Morgan fingerprint density at radius 2 is 1.43 bits per heavy atom. The quantitative estimate of drug-likeness (QED) is 0.265. The van der Waals surface area contributed by atoms with Crippen molar-refractivity contribution in [2.75, 3.05) is 0 Å². The second-order valence-corrected chi connectivity index (χ2v) is 9.74. The number of aromatic nitrogens is 2. The number of Topliss-reactive ketones (excluding diaryl/α,β-unsaturated/α-hetero) is 1. The Morgan fingerprint density at radius 1 is 0.892 bits per heavy atom. The summed E-state index contributed by atoms with van der Waals surface area (Å²) in [5.74, 6) is 0.880. The van der Waals surface area contributed by atoms with Crippen LogP contribution in [0.15, 0.2) is 103 Å². The normalized spacial score (nSPS) is 17.2. The molecule has 1 heterocycles. The lowest BCUT2D eigenvalue weighted by Gasteiger charge is -2.37. The van der Waals surface area contributed by atoms with E-state index in [9.17, 15) is 9.59 Å². The minimum atomic E-state index is -0.891. The summed E-state index contributed by atoms with van der Waals surface area (Å²) in [4.78, 5) is 26.1. The zero-order valence-corrected chi connectivity index (χ0v) is 22.6. The third kappa shape index (κ3) is 4.90. The molecule has 5 nitrogen and oxygen atoms in total. The first-order valence-electron chi connectivity index (χ1n) is 12.6. The van der Waals surface area contributed by atoms with Gasteiger partial charge in [-0.25, -0.2) is 9.13 Å². The monoisotopic (exact) mass is 557 g/mol. The second-order valence-electron chi connectivity index (χ2n) is 9.74. The number of nitrogens with zero attached hydrogens (tertiary/aromatic N) is 2. The van der Waals surface area contributed by atoms with Crippen LogP contribution < -0.4 is 27.3 Å². The molecule has 1 saturated carbocycles. The van der Waals surface area contributed by atoms with E-state index in [1.54, 1.807) is 0 Å². The maximum absolute atomic E-state index is 13.4. The summed E-state index contributed by atoms with van der Waals surface area (Å²) in [7, 11) is 0. The topological polar surface area (TPSA) is 69.0 Å². The smallest absolute Gasteiger partial charge is 0.253 e. The average Bonchev–Trinajstić information content (AvgIpc) is 3.53. The number of halogens is 1. The molecule has 1 amide bonds. The molecule has 2 N–H and O–H groups in total. The van der Waals surface area contributed by atoms with Crippen LogP contribution in [0.2, 0.25) is 0 Å². The van der Waals surface area contributed by atoms with Crippen LogP contribution in [0.25, 0.3) is 0 Å². The maximum Gasteiger partial charge on any atom is 0.253 e. The summed E-state index contributed by atoms with van der Waals surface area (Å²) < 4.78 is 4.28. The number of amides is 1. The van der Waals surface area contributed by atoms with Crippen LogP contribution in [0.4, 0.5) is 0 Å². The van der Waals surface area contributed by atoms with Crippen LogP contribution >= 0.6 is 0 Å². The van der Waals surface area contributed by atoms with Crippen LogP contribution in [0.3, 0.4) is 0 Å². The highest BCUT2D eigenvalue weighted by Crippen LogP contribution is 2.49. The van der Waals surface area contributed by atoms with Crippen molar-refractivity contribution < 1.29 is 31.1 Å². The van der Waals surface area contributed by atoms with E-state index in [-0.39, 0.29) is 40.6 Å². The Balaban J connectivity index is 0.00000320. The van der Waals surface area contributed by atoms with Gasteiger partial charge in [0.2, 0.25) is 11.7 Å². The predicted molar refractivity (Wildman–Crippen MR) is 139 cm³/mol. The van der Waals surface area contributed by atoms with Crippen LogP contribution in [-0.4, -0.2) is 16.3 Å². The summed E-state index contributed by atoms with van der Waals surface area (Å²) in [5, 5.41) is 0. The Labute approximate surface area is 228 Å². The lowest BCUT2D eigenvalue weighted by Crippen LogP contribution is -3.00. The Morgan fingerprint density at radius 3 is 1.97 bits per heavy atom. The summed E-state index contributed by atoms with van der Waals surface area (Å²) in [5.41, 5.74) is 7.98. The van der Waals surface area contributed by atoms with Gasteiger partial charge in [-0.3, -0.25) is 9.59 Å². The molecule has 1 fully saturated rings. The molecule has 5 rings (SSSR count). The number of carbonyl (C=O) groups is 2. The van der Waals surface area contributed by atoms with Gasteiger partial charge in [-0.2, -0.15) is 0 Å². The minimum absolute atomic E-state index is 0. The number of carbonyl (C=O) groups excluding carboxylic acids is 2. The van der Waals surface area contributed by atoms with E-state index in [0.29, 0.717) is 6.54 Å². The third-order valence-corrected chi connectivity index (χ3v) is 7.86. The number of primary amides is 1. The van der Waals surface area contributed by atoms with Crippen molar-refractivity contribution >= 4 is 11.7 Å². The van der Waals surface area contributed by atoms with Crippen molar-refractivity contribution in [1.29, 1.82) is 0 Å². The van der Waals surface area contributed by atoms with E-state index in [1.165, 1.54) is 0 Å². The van der Waals surface area contributed by atoms with Gasteiger partial charge < -0.3 is 22.7 Å². The van der Waals surface area contributed by atoms with Crippen molar-refractivity contribution in [2.24, 2.45) is 11.7 Å². The molecule has 2 atom stereocenters. The number of hydrogen-bond donors (Lipinski definition) is 1. The molecule has 0 bridgehead atoms. The van der Waals surface area contributed by atoms with E-state index >= 15 is 0 Å². The summed E-state index contributed by atoms with van der Waals surface area (Å²) in [6, 6.07) is 29.6. The first-order chi connectivity index (χ1) is 17.5. The number of nitrogens with two attached hydrogens (primary N) is 1. The molecule has 6 heteroatoms. The van der Waals surface area contributed by atoms with E-state index in [4.69, 9.17) is 5.73 Å². The van der Waals surface area contributed by atoms with Crippen molar-refractivity contribution in [1.82, 2.24) is 4.57 Å². The van der Waals surface area contributed by atoms with E-state index < -0.39 is 5.41 Å². The fourth-order valence-corrected chi connectivity index (χ4v) is 6.07. The molecular formula is C31H32BrN3O2. The summed E-state index contributed by atoms with van der Waals surface area (Å²) in [6.45, 7) is 2.36. The third-order valence-electron chi connectivity index (χ3n) is 7.86. The molecule has 0 unspecified atom stereocenters. The molecule has 0 saturated heterocycles. The molecule has 1 aliphatic rings. The number of benzene rings is 3. The lowest BCUT2D eigenvalue weighted by molar-refractivity contribution is -0.689. The van der Waals surface area contributed by atoms with Gasteiger partial charge in [-0.1, -0.05) is 91.0 Å². The first-order valence-corrected chi connectivity index (χ1v) is 12.6. The molecule has 37 heavy (non-hydrogen) atoms. The van der Waals surface area contributed by atoms with Crippen LogP contribution in [0.5, 0.6) is 0 Å². The molecular weight excluding hydrogens is 526 g/mol. The highest BCUT2D eigenvalue weighted by atomic mass is 79.9. The molecule has 0 spiro atoms. The molecule has 3 aromatic carbocycles. The number of rotatable bonds is 8. The summed E-state index contributed by atoms with van der Waals surface area (Å²) in [6.07, 6.45) is 6.71. The van der Waals surface area contributed by atoms with Gasteiger partial charge in [-0.15, -0.1) is 0 Å². The van der Waals surface area contributed by atoms with Gasteiger partial charge in [0.25, 0.3) is 5.82 Å². The molecule has 0 radical (unpaired) electrons. The highest BCUT2D eigenvalue weighted by molar-refractivity contribution is 5.95. The maximum atomic E-state index is 13.4. The Bertz CT molecular complexity index is 1310. The SMILES string of the molecule is Cc1n([C@H]2CC[C@@H](C(C(N)=O)(c3ccccc3)c3ccccc3)C2)cc[n+]1CC(=O)c1ccccc1.[Br-]. The first kappa shape index (κ1) is 26.6. The Kier molecular flexibility index (Phi) is 8.08. The van der Waals surface area contributed by atoms with E-state index in [2.05, 4.69) is 17.7 Å². The van der Waals surface area contributed by atoms with Gasteiger partial charge in [0.05, 0.1) is 0 Å². The number of hydrogen-bond acceptors (Lipinski definition) is 2. The molecule has 1 aromatic heterocycles. The number of imidazole rings is 1. The highest BCUT2D eigenvalue weighted by Gasteiger charge is 2.51. The molecule has 4 aromatic rings. The largest absolute Gasteiger partial charge is 1.00 e. The molecule has 1 aliphatic carbocycles. The second kappa shape index (κ2) is 11.3. The van der Waals surface area contributed by atoms with Crippen molar-refractivity contribution in [3.63, 3.8) is 0 Å². The standard InChI is InChI=1S/C31H31N3O2.BrH/c1-23-33(22-29(35)24-11-5-2-6-12-24)19-20-34(23)28-18-17-27(21-28)31(30(32)36,25-13-7-3-8-14-25)26-15-9-4-10-16-26;/h2-16,19-20,27-28H,17-18,21-22H2,1H3,(H-,32,36);1H/t27-,28+;/m1./s1. The van der Waals surface area contributed by atoms with Gasteiger partial charge in [-0.05, 0) is 36.3 Å². The summed E-state index contributed by atoms with van der Waals surface area (Å²) >= 11 is 0. The van der Waals surface area contributed by atoms with Crippen molar-refractivity contribution in [3.8, 4) is 0 Å². The molecule has 0 aliphatic heterocycles. The van der Waals surface area contributed by atoms with Gasteiger partial charge >= 0.3 is 0 Å². The van der Waals surface area contributed by atoms with Gasteiger partial charge in [0.15, 0.2) is 6.54 Å². The zero-order valence-electron chi connectivity index (χ0n) is 21.0. The fraction of sp³-hybridized carbons (Fsp3) is 0.258. The fourth-order valence-electron chi connectivity index (χ4n) is 6.07. The average molecular weight is 559 g/mol.